The van der Waals surface area contributed by atoms with Gasteiger partial charge in [0.1, 0.15) is 23.0 Å². The van der Waals surface area contributed by atoms with Crippen molar-refractivity contribution in [3.05, 3.63) is 74.3 Å². The van der Waals surface area contributed by atoms with E-state index in [0.717, 1.165) is 11.8 Å². The number of thioether (sulfide) groups is 1. The second-order valence-corrected chi connectivity index (χ2v) is 8.14. The van der Waals surface area contributed by atoms with Gasteiger partial charge in [0.05, 0.1) is 35.3 Å². The van der Waals surface area contributed by atoms with Crippen LogP contribution in [0, 0.1) is 10.1 Å². The summed E-state index contributed by atoms with van der Waals surface area (Å²) in [7, 11) is 3.07. The molecule has 0 radical (unpaired) electrons. The van der Waals surface area contributed by atoms with Gasteiger partial charge in [-0.1, -0.05) is 11.6 Å². The molecule has 0 unspecified atom stereocenters. The average molecular weight is 486 g/mol. The lowest BCUT2D eigenvalue weighted by atomic mass is 10.1. The molecule has 168 valence electrons. The van der Waals surface area contributed by atoms with Crippen LogP contribution in [0.15, 0.2) is 62.8 Å². The van der Waals surface area contributed by atoms with Crippen LogP contribution in [-0.4, -0.2) is 30.2 Å². The monoisotopic (exact) mass is 485 g/mol. The predicted molar refractivity (Wildman–Crippen MR) is 126 cm³/mol. The van der Waals surface area contributed by atoms with Crippen LogP contribution < -0.4 is 14.8 Å². The highest BCUT2D eigenvalue weighted by atomic mass is 35.5. The topological polar surface area (TPSA) is 116 Å². The quantitative estimate of drug-likeness (QED) is 0.281. The summed E-state index contributed by atoms with van der Waals surface area (Å²) in [5, 5.41) is 14.7. The molecule has 1 fully saturated rings. The minimum atomic E-state index is -0.529. The van der Waals surface area contributed by atoms with Gasteiger partial charge in [0, 0.05) is 35.4 Å². The number of amidine groups is 1. The number of nitro benzene ring substituents is 1. The summed E-state index contributed by atoms with van der Waals surface area (Å²) in [5.74, 6) is 1.43. The molecular formula is C22H16ClN3O6S. The van der Waals surface area contributed by atoms with Crippen molar-refractivity contribution in [3.63, 3.8) is 0 Å². The van der Waals surface area contributed by atoms with Crippen LogP contribution in [0.5, 0.6) is 11.5 Å². The molecule has 3 aromatic rings. The number of aliphatic imine (C=N–C) groups is 1. The van der Waals surface area contributed by atoms with Crippen molar-refractivity contribution < 1.29 is 23.6 Å². The van der Waals surface area contributed by atoms with Crippen molar-refractivity contribution in [1.29, 1.82) is 0 Å². The minimum absolute atomic E-state index is 0.174. The number of nitrogens with zero attached hydrogens (tertiary/aromatic N) is 2. The van der Waals surface area contributed by atoms with Gasteiger partial charge in [-0.25, -0.2) is 4.99 Å². The van der Waals surface area contributed by atoms with Crippen LogP contribution in [0.2, 0.25) is 5.02 Å². The lowest BCUT2D eigenvalue weighted by Gasteiger charge is -2.05. The van der Waals surface area contributed by atoms with Gasteiger partial charge in [-0.15, -0.1) is 0 Å². The van der Waals surface area contributed by atoms with Crippen molar-refractivity contribution in [1.82, 2.24) is 5.32 Å². The number of methoxy groups -OCH3 is 2. The Morgan fingerprint density at radius 2 is 1.85 bits per heavy atom. The molecule has 1 aliphatic heterocycles. The molecule has 1 amide bonds. The van der Waals surface area contributed by atoms with Crippen molar-refractivity contribution in [3.8, 4) is 22.8 Å². The zero-order chi connectivity index (χ0) is 23.5. The Hall–Kier alpha value is -3.76. The molecule has 9 nitrogen and oxygen atoms in total. The fourth-order valence-corrected chi connectivity index (χ4v) is 4.01. The molecule has 11 heteroatoms. The third kappa shape index (κ3) is 5.02. The van der Waals surface area contributed by atoms with Crippen LogP contribution in [0.4, 0.5) is 11.4 Å². The standard InChI is InChI=1S/C22H16ClN3O6S/c1-30-15-8-13(9-16(10-15)31-2)24-22-25-21(27)20(33-22)11-14-4-6-19(32-14)17-5-3-12(23)7-18(17)26(28)29/h3-11H,1-2H3,(H,24,25,27)/b20-11+. The van der Waals surface area contributed by atoms with Crippen LogP contribution >= 0.6 is 23.4 Å². The fourth-order valence-electron chi connectivity index (χ4n) is 3.02. The molecule has 0 spiro atoms. The largest absolute Gasteiger partial charge is 0.497 e. The van der Waals surface area contributed by atoms with E-state index in [1.807, 2.05) is 0 Å². The Balaban J connectivity index is 1.59. The molecule has 0 saturated carbocycles. The van der Waals surface area contributed by atoms with Gasteiger partial charge in [0.2, 0.25) is 0 Å². The first-order valence-electron chi connectivity index (χ1n) is 9.43. The van der Waals surface area contributed by atoms with Gasteiger partial charge in [0.25, 0.3) is 11.6 Å². The average Bonchev–Trinajstić information content (AvgIpc) is 3.39. The Labute approximate surface area is 197 Å². The van der Waals surface area contributed by atoms with E-state index in [1.165, 1.54) is 26.4 Å². The van der Waals surface area contributed by atoms with Crippen molar-refractivity contribution >= 4 is 51.9 Å². The van der Waals surface area contributed by atoms with Crippen molar-refractivity contribution in [2.45, 2.75) is 0 Å². The maximum atomic E-state index is 12.4. The second kappa shape index (κ2) is 9.39. The van der Waals surface area contributed by atoms with Crippen molar-refractivity contribution in [2.75, 3.05) is 14.2 Å². The third-order valence-electron chi connectivity index (χ3n) is 4.54. The highest BCUT2D eigenvalue weighted by Gasteiger charge is 2.25. The van der Waals surface area contributed by atoms with E-state index in [1.54, 1.807) is 42.5 Å². The molecule has 2 heterocycles. The minimum Gasteiger partial charge on any atom is -0.497 e. The van der Waals surface area contributed by atoms with E-state index in [2.05, 4.69) is 10.3 Å². The zero-order valence-electron chi connectivity index (χ0n) is 17.3. The summed E-state index contributed by atoms with van der Waals surface area (Å²) in [5.41, 5.74) is 0.657. The summed E-state index contributed by atoms with van der Waals surface area (Å²) in [6.45, 7) is 0. The first kappa shape index (κ1) is 22.4. The van der Waals surface area contributed by atoms with Crippen LogP contribution in [-0.2, 0) is 4.79 Å². The van der Waals surface area contributed by atoms with E-state index in [9.17, 15) is 14.9 Å². The smallest absolute Gasteiger partial charge is 0.281 e. The molecular weight excluding hydrogens is 470 g/mol. The normalized spacial score (nSPS) is 15.7. The Kier molecular flexibility index (Phi) is 6.38. The first-order chi connectivity index (χ1) is 15.9. The van der Waals surface area contributed by atoms with E-state index in [4.69, 9.17) is 25.5 Å². The summed E-state index contributed by atoms with van der Waals surface area (Å²) in [6.07, 6.45) is 1.54. The SMILES string of the molecule is COc1cc(N=C2NC(=O)/C(=C\c3ccc(-c4ccc(Cl)cc4[N+](=O)[O-])o3)S2)cc(OC)c1. The van der Waals surface area contributed by atoms with E-state index >= 15 is 0 Å². The number of furan rings is 1. The maximum Gasteiger partial charge on any atom is 0.281 e. The molecule has 33 heavy (non-hydrogen) atoms. The molecule has 1 N–H and O–H groups in total. The molecule has 4 rings (SSSR count). The molecule has 0 bridgehead atoms. The number of nitrogens with one attached hydrogen (secondary N) is 1. The number of halogens is 1. The van der Waals surface area contributed by atoms with Crippen LogP contribution in [0.1, 0.15) is 5.76 Å². The van der Waals surface area contributed by atoms with E-state index < -0.39 is 4.92 Å². The second-order valence-electron chi connectivity index (χ2n) is 6.67. The van der Waals surface area contributed by atoms with Gasteiger partial charge in [-0.2, -0.15) is 0 Å². The van der Waals surface area contributed by atoms with Gasteiger partial charge < -0.3 is 19.2 Å². The summed E-state index contributed by atoms with van der Waals surface area (Å²) < 4.78 is 16.2. The number of rotatable bonds is 6. The molecule has 2 aromatic carbocycles. The van der Waals surface area contributed by atoms with Gasteiger partial charge in [0.15, 0.2) is 5.17 Å². The Morgan fingerprint density at radius 1 is 1.12 bits per heavy atom. The van der Waals surface area contributed by atoms with Gasteiger partial charge in [-0.05, 0) is 36.0 Å². The number of hydrogen-bond acceptors (Lipinski definition) is 8. The molecule has 1 aromatic heterocycles. The number of carbonyl (C=O) groups excluding carboxylic acids is 1. The number of hydrogen-bond donors (Lipinski definition) is 1. The van der Waals surface area contributed by atoms with Crippen LogP contribution in [0.3, 0.4) is 0 Å². The zero-order valence-corrected chi connectivity index (χ0v) is 18.9. The number of benzene rings is 2. The Bertz CT molecular complexity index is 1290. The van der Waals surface area contributed by atoms with Crippen LogP contribution in [0.25, 0.3) is 17.4 Å². The lowest BCUT2D eigenvalue weighted by molar-refractivity contribution is -0.384. The number of carbonyl (C=O) groups is 1. The predicted octanol–water partition coefficient (Wildman–Crippen LogP) is 5.42. The molecule has 1 saturated heterocycles. The number of ether oxygens (including phenoxy) is 2. The lowest BCUT2D eigenvalue weighted by Crippen LogP contribution is -2.19. The fraction of sp³-hybridized carbons (Fsp3) is 0.0909. The summed E-state index contributed by atoms with van der Waals surface area (Å²) in [4.78, 5) is 28.0. The highest BCUT2D eigenvalue weighted by Crippen LogP contribution is 2.35. The van der Waals surface area contributed by atoms with E-state index in [-0.39, 0.29) is 27.9 Å². The number of amides is 1. The van der Waals surface area contributed by atoms with E-state index in [0.29, 0.717) is 33.0 Å². The molecule has 1 aliphatic rings. The highest BCUT2D eigenvalue weighted by molar-refractivity contribution is 8.18. The summed E-state index contributed by atoms with van der Waals surface area (Å²) in [6, 6.07) is 12.7. The summed E-state index contributed by atoms with van der Waals surface area (Å²) >= 11 is 7.01. The molecule has 0 aliphatic carbocycles. The van der Waals surface area contributed by atoms with Crippen molar-refractivity contribution in [2.24, 2.45) is 4.99 Å². The van der Waals surface area contributed by atoms with Gasteiger partial charge in [-0.3, -0.25) is 14.9 Å². The number of nitro groups is 1. The first-order valence-corrected chi connectivity index (χ1v) is 10.6. The third-order valence-corrected chi connectivity index (χ3v) is 5.68. The maximum absolute atomic E-state index is 12.4. The van der Waals surface area contributed by atoms with Gasteiger partial charge >= 0.3 is 0 Å². The molecule has 0 atom stereocenters. The Morgan fingerprint density at radius 3 is 2.52 bits per heavy atom.